The second kappa shape index (κ2) is 6.15. The molecule has 0 radical (unpaired) electrons. The number of likely N-dealkylation sites (N-methyl/N-ethyl adjacent to an activating group) is 1. The Hall–Kier alpha value is -2.14. The van der Waals surface area contributed by atoms with E-state index >= 15 is 0 Å². The molecule has 0 spiro atoms. The van der Waals surface area contributed by atoms with Gasteiger partial charge in [-0.1, -0.05) is 12.1 Å². The largest absolute Gasteiger partial charge is 0.348 e. The summed E-state index contributed by atoms with van der Waals surface area (Å²) in [5.41, 5.74) is 2.04. The first kappa shape index (κ1) is 13.3. The fourth-order valence-corrected chi connectivity index (χ4v) is 1.89. The van der Waals surface area contributed by atoms with E-state index in [1.54, 1.807) is 17.9 Å². The maximum absolute atomic E-state index is 11.5. The fraction of sp³-hybridized carbons (Fsp3) is 0.286. The van der Waals surface area contributed by atoms with E-state index in [4.69, 9.17) is 0 Å². The van der Waals surface area contributed by atoms with E-state index in [2.05, 4.69) is 15.7 Å². The topological polar surface area (TPSA) is 59.0 Å². The molecular weight excluding hydrogens is 240 g/mol. The SMILES string of the molecule is CNCC(=O)NC(C)c1cccc(-n2cccn2)c1. The standard InChI is InChI=1S/C14H18N4O/c1-11(17-14(19)10-15-2)12-5-3-6-13(9-12)18-8-4-7-16-18/h3-9,11,15H,10H2,1-2H3,(H,17,19). The molecule has 1 amide bonds. The molecule has 1 aromatic carbocycles. The molecule has 0 aliphatic rings. The van der Waals surface area contributed by atoms with Crippen molar-refractivity contribution in [2.75, 3.05) is 13.6 Å². The van der Waals surface area contributed by atoms with Crippen molar-refractivity contribution >= 4 is 5.91 Å². The molecule has 1 atom stereocenters. The summed E-state index contributed by atoms with van der Waals surface area (Å²) in [5, 5.41) is 9.97. The van der Waals surface area contributed by atoms with Gasteiger partial charge in [-0.15, -0.1) is 0 Å². The van der Waals surface area contributed by atoms with Gasteiger partial charge in [0, 0.05) is 12.4 Å². The van der Waals surface area contributed by atoms with E-state index in [-0.39, 0.29) is 11.9 Å². The van der Waals surface area contributed by atoms with Gasteiger partial charge in [-0.05, 0) is 37.7 Å². The minimum atomic E-state index is -0.0311. The Morgan fingerprint density at radius 3 is 2.95 bits per heavy atom. The monoisotopic (exact) mass is 258 g/mol. The quantitative estimate of drug-likeness (QED) is 0.849. The van der Waals surface area contributed by atoms with Crippen LogP contribution in [-0.2, 0) is 4.79 Å². The number of hydrogen-bond acceptors (Lipinski definition) is 3. The number of aromatic nitrogens is 2. The molecule has 0 aliphatic carbocycles. The summed E-state index contributed by atoms with van der Waals surface area (Å²) in [6.45, 7) is 2.29. The van der Waals surface area contributed by atoms with Crippen LogP contribution in [0.25, 0.3) is 5.69 Å². The Morgan fingerprint density at radius 1 is 1.42 bits per heavy atom. The van der Waals surface area contributed by atoms with Gasteiger partial charge in [0.25, 0.3) is 0 Å². The van der Waals surface area contributed by atoms with Crippen molar-refractivity contribution in [3.8, 4) is 5.69 Å². The number of benzene rings is 1. The van der Waals surface area contributed by atoms with Crippen molar-refractivity contribution in [3.63, 3.8) is 0 Å². The van der Waals surface area contributed by atoms with E-state index in [1.807, 2.05) is 43.5 Å². The van der Waals surface area contributed by atoms with Gasteiger partial charge in [-0.2, -0.15) is 5.10 Å². The first-order valence-corrected chi connectivity index (χ1v) is 6.24. The van der Waals surface area contributed by atoms with E-state index in [9.17, 15) is 4.79 Å². The number of amides is 1. The van der Waals surface area contributed by atoms with Crippen LogP contribution in [-0.4, -0.2) is 29.3 Å². The summed E-state index contributed by atoms with van der Waals surface area (Å²) in [7, 11) is 1.75. The van der Waals surface area contributed by atoms with Crippen LogP contribution in [0.4, 0.5) is 0 Å². The highest BCUT2D eigenvalue weighted by atomic mass is 16.1. The maximum atomic E-state index is 11.5. The second-order valence-corrected chi connectivity index (χ2v) is 4.37. The maximum Gasteiger partial charge on any atom is 0.234 e. The Bertz CT molecular complexity index is 536. The third-order valence-corrected chi connectivity index (χ3v) is 2.85. The molecule has 19 heavy (non-hydrogen) atoms. The van der Waals surface area contributed by atoms with Crippen LogP contribution in [0.5, 0.6) is 0 Å². The van der Waals surface area contributed by atoms with Crippen molar-refractivity contribution in [2.45, 2.75) is 13.0 Å². The van der Waals surface area contributed by atoms with Gasteiger partial charge in [0.2, 0.25) is 5.91 Å². The average molecular weight is 258 g/mol. The highest BCUT2D eigenvalue weighted by Crippen LogP contribution is 2.16. The van der Waals surface area contributed by atoms with Crippen LogP contribution < -0.4 is 10.6 Å². The van der Waals surface area contributed by atoms with Crippen LogP contribution in [0.3, 0.4) is 0 Å². The van der Waals surface area contributed by atoms with Gasteiger partial charge >= 0.3 is 0 Å². The van der Waals surface area contributed by atoms with Crippen molar-refractivity contribution < 1.29 is 4.79 Å². The minimum absolute atomic E-state index is 0.0144. The molecule has 1 unspecified atom stereocenters. The molecule has 100 valence electrons. The van der Waals surface area contributed by atoms with Crippen LogP contribution >= 0.6 is 0 Å². The van der Waals surface area contributed by atoms with Gasteiger partial charge in [0.1, 0.15) is 0 Å². The summed E-state index contributed by atoms with van der Waals surface area (Å²) < 4.78 is 1.80. The molecule has 1 aromatic heterocycles. The first-order valence-electron chi connectivity index (χ1n) is 6.24. The smallest absolute Gasteiger partial charge is 0.234 e. The Kier molecular flexibility index (Phi) is 4.30. The molecule has 0 fully saturated rings. The summed E-state index contributed by atoms with van der Waals surface area (Å²) in [6, 6.07) is 9.82. The number of carbonyl (C=O) groups excluding carboxylic acids is 1. The summed E-state index contributed by atoms with van der Waals surface area (Å²) in [6.07, 6.45) is 3.63. The molecular formula is C14H18N4O. The van der Waals surface area contributed by atoms with Gasteiger partial charge in [-0.25, -0.2) is 4.68 Å². The molecule has 5 heteroatoms. The molecule has 2 aromatic rings. The van der Waals surface area contributed by atoms with Crippen molar-refractivity contribution in [1.82, 2.24) is 20.4 Å². The Labute approximate surface area is 112 Å². The molecule has 2 rings (SSSR count). The molecule has 1 heterocycles. The van der Waals surface area contributed by atoms with Crippen LogP contribution in [0, 0.1) is 0 Å². The normalized spacial score (nSPS) is 12.1. The lowest BCUT2D eigenvalue weighted by atomic mass is 10.1. The van der Waals surface area contributed by atoms with Crippen LogP contribution in [0.2, 0.25) is 0 Å². The van der Waals surface area contributed by atoms with E-state index in [0.717, 1.165) is 11.3 Å². The molecule has 0 aliphatic heterocycles. The zero-order valence-corrected chi connectivity index (χ0v) is 11.1. The van der Waals surface area contributed by atoms with Crippen LogP contribution in [0.1, 0.15) is 18.5 Å². The highest BCUT2D eigenvalue weighted by Gasteiger charge is 2.09. The molecule has 5 nitrogen and oxygen atoms in total. The van der Waals surface area contributed by atoms with Gasteiger partial charge in [0.05, 0.1) is 18.3 Å². The number of nitrogens with zero attached hydrogens (tertiary/aromatic N) is 2. The zero-order chi connectivity index (χ0) is 13.7. The minimum Gasteiger partial charge on any atom is -0.348 e. The molecule has 0 saturated carbocycles. The van der Waals surface area contributed by atoms with E-state index in [0.29, 0.717) is 6.54 Å². The summed E-state index contributed by atoms with van der Waals surface area (Å²) in [5.74, 6) is -0.0144. The fourth-order valence-electron chi connectivity index (χ4n) is 1.89. The second-order valence-electron chi connectivity index (χ2n) is 4.37. The summed E-state index contributed by atoms with van der Waals surface area (Å²) >= 11 is 0. The van der Waals surface area contributed by atoms with Crippen molar-refractivity contribution in [1.29, 1.82) is 0 Å². The number of rotatable bonds is 5. The van der Waals surface area contributed by atoms with Crippen molar-refractivity contribution in [3.05, 3.63) is 48.3 Å². The lowest BCUT2D eigenvalue weighted by Gasteiger charge is -2.15. The number of hydrogen-bond donors (Lipinski definition) is 2. The first-order chi connectivity index (χ1) is 9.20. The Balaban J connectivity index is 2.12. The Morgan fingerprint density at radius 2 is 2.26 bits per heavy atom. The zero-order valence-electron chi connectivity index (χ0n) is 11.1. The van der Waals surface area contributed by atoms with Crippen molar-refractivity contribution in [2.24, 2.45) is 0 Å². The van der Waals surface area contributed by atoms with Gasteiger partial charge in [-0.3, -0.25) is 4.79 Å². The van der Waals surface area contributed by atoms with Gasteiger partial charge in [0.15, 0.2) is 0 Å². The molecule has 0 saturated heterocycles. The lowest BCUT2D eigenvalue weighted by molar-refractivity contribution is -0.120. The van der Waals surface area contributed by atoms with E-state index < -0.39 is 0 Å². The molecule has 0 bridgehead atoms. The number of nitrogens with one attached hydrogen (secondary N) is 2. The predicted octanol–water partition coefficient (Wildman–Crippen LogP) is 1.27. The molecule has 2 N–H and O–H groups in total. The third-order valence-electron chi connectivity index (χ3n) is 2.85. The third kappa shape index (κ3) is 3.42. The predicted molar refractivity (Wildman–Crippen MR) is 74.0 cm³/mol. The average Bonchev–Trinajstić information content (AvgIpc) is 2.93. The highest BCUT2D eigenvalue weighted by molar-refractivity contribution is 5.78. The van der Waals surface area contributed by atoms with Crippen LogP contribution in [0.15, 0.2) is 42.7 Å². The summed E-state index contributed by atoms with van der Waals surface area (Å²) in [4.78, 5) is 11.5. The lowest BCUT2D eigenvalue weighted by Crippen LogP contribution is -2.33. The van der Waals surface area contributed by atoms with Gasteiger partial charge < -0.3 is 10.6 Å². The van der Waals surface area contributed by atoms with E-state index in [1.165, 1.54) is 0 Å². The number of carbonyl (C=O) groups is 1.